The molecule has 0 spiro atoms. The average Bonchev–Trinajstić information content (AvgIpc) is 2.33. The molecule has 106 valence electrons. The molecule has 2 aromatic rings. The third-order valence-electron chi connectivity index (χ3n) is 2.64. The van der Waals surface area contributed by atoms with E-state index < -0.39 is 10.0 Å². The molecule has 0 saturated heterocycles. The van der Waals surface area contributed by atoms with Crippen LogP contribution >= 0.6 is 39.1 Å². The molecule has 0 amide bonds. The van der Waals surface area contributed by atoms with E-state index in [1.165, 1.54) is 12.1 Å². The molecule has 2 aromatic carbocycles. The predicted octanol–water partition coefficient (Wildman–Crippen LogP) is 4.87. The van der Waals surface area contributed by atoms with Crippen LogP contribution in [-0.4, -0.2) is 8.42 Å². The van der Waals surface area contributed by atoms with Gasteiger partial charge in [0, 0.05) is 4.47 Å². The van der Waals surface area contributed by atoms with Crippen molar-refractivity contribution in [2.75, 3.05) is 4.72 Å². The van der Waals surface area contributed by atoms with E-state index in [1.807, 2.05) is 0 Å². The minimum Gasteiger partial charge on any atom is -0.278 e. The molecule has 0 fully saturated rings. The predicted molar refractivity (Wildman–Crippen MR) is 86.1 cm³/mol. The number of para-hydroxylation sites is 1. The van der Waals surface area contributed by atoms with Crippen LogP contribution in [0.15, 0.2) is 45.8 Å². The van der Waals surface area contributed by atoms with Gasteiger partial charge in [-0.3, -0.25) is 4.72 Å². The number of hydrogen-bond donors (Lipinski definition) is 1. The van der Waals surface area contributed by atoms with E-state index in [0.29, 0.717) is 15.2 Å². The Morgan fingerprint density at radius 1 is 1.10 bits per heavy atom. The quantitative estimate of drug-likeness (QED) is 0.807. The summed E-state index contributed by atoms with van der Waals surface area (Å²) in [7, 11) is -3.79. The number of rotatable bonds is 3. The number of benzene rings is 2. The zero-order valence-electron chi connectivity index (χ0n) is 10.3. The van der Waals surface area contributed by atoms with Crippen LogP contribution in [0.2, 0.25) is 10.0 Å². The molecule has 0 radical (unpaired) electrons. The van der Waals surface area contributed by atoms with Crippen molar-refractivity contribution in [1.29, 1.82) is 0 Å². The van der Waals surface area contributed by atoms with Crippen LogP contribution in [0.3, 0.4) is 0 Å². The molecule has 0 atom stereocenters. The van der Waals surface area contributed by atoms with Crippen molar-refractivity contribution in [3.05, 3.63) is 56.5 Å². The molecule has 0 aliphatic carbocycles. The number of hydrogen-bond acceptors (Lipinski definition) is 2. The highest BCUT2D eigenvalue weighted by atomic mass is 79.9. The minimum absolute atomic E-state index is 0.00156. The topological polar surface area (TPSA) is 46.2 Å². The fourth-order valence-electron chi connectivity index (χ4n) is 1.64. The number of aryl methyl sites for hydroxylation is 1. The highest BCUT2D eigenvalue weighted by Crippen LogP contribution is 2.31. The van der Waals surface area contributed by atoms with Crippen molar-refractivity contribution in [3.8, 4) is 0 Å². The molecule has 0 aromatic heterocycles. The second-order valence-corrected chi connectivity index (χ2v) is 7.49. The highest BCUT2D eigenvalue weighted by molar-refractivity contribution is 9.10. The van der Waals surface area contributed by atoms with Crippen molar-refractivity contribution in [3.63, 3.8) is 0 Å². The first-order valence-electron chi connectivity index (χ1n) is 5.54. The van der Waals surface area contributed by atoms with E-state index in [9.17, 15) is 8.42 Å². The Kier molecular flexibility index (Phi) is 4.64. The summed E-state index contributed by atoms with van der Waals surface area (Å²) < 4.78 is 27.9. The number of sulfonamides is 1. The van der Waals surface area contributed by atoms with E-state index in [0.717, 1.165) is 5.56 Å². The Morgan fingerprint density at radius 2 is 1.80 bits per heavy atom. The van der Waals surface area contributed by atoms with Gasteiger partial charge < -0.3 is 0 Å². The molecule has 2 rings (SSSR count). The lowest BCUT2D eigenvalue weighted by Gasteiger charge is -2.13. The summed E-state index contributed by atoms with van der Waals surface area (Å²) in [6.45, 7) is 1.77. The van der Waals surface area contributed by atoms with Gasteiger partial charge >= 0.3 is 0 Å². The fraction of sp³-hybridized carbons (Fsp3) is 0.0769. The van der Waals surface area contributed by atoms with E-state index in [-0.39, 0.29) is 9.92 Å². The first-order valence-corrected chi connectivity index (χ1v) is 8.57. The number of nitrogens with one attached hydrogen (secondary N) is 1. The Labute approximate surface area is 136 Å². The third kappa shape index (κ3) is 3.28. The van der Waals surface area contributed by atoms with Gasteiger partial charge in [-0.1, -0.05) is 51.3 Å². The summed E-state index contributed by atoms with van der Waals surface area (Å²) >= 11 is 15.2. The third-order valence-corrected chi connectivity index (χ3v) is 5.28. The molecule has 7 heteroatoms. The van der Waals surface area contributed by atoms with Gasteiger partial charge in [0.05, 0.1) is 15.7 Å². The zero-order chi connectivity index (χ0) is 14.9. The Balaban J connectivity index is 2.46. The summed E-state index contributed by atoms with van der Waals surface area (Å²) in [5.41, 5.74) is 1.09. The maximum Gasteiger partial charge on any atom is 0.263 e. The van der Waals surface area contributed by atoms with Gasteiger partial charge in [0.25, 0.3) is 10.0 Å². The molecule has 0 bridgehead atoms. The van der Waals surface area contributed by atoms with Crippen LogP contribution < -0.4 is 4.72 Å². The fourth-order valence-corrected chi connectivity index (χ4v) is 4.16. The minimum atomic E-state index is -3.79. The van der Waals surface area contributed by atoms with E-state index in [1.54, 1.807) is 31.2 Å². The van der Waals surface area contributed by atoms with Crippen molar-refractivity contribution < 1.29 is 8.42 Å². The molecule has 0 unspecified atom stereocenters. The first-order chi connectivity index (χ1) is 9.31. The molecular formula is C13H10BrCl2NO2S. The largest absolute Gasteiger partial charge is 0.278 e. The monoisotopic (exact) mass is 393 g/mol. The molecule has 0 aliphatic heterocycles. The summed E-state index contributed by atoms with van der Waals surface area (Å²) in [6, 6.07) is 9.71. The standard InChI is InChI=1S/C13H10BrCl2NO2S/c1-8-3-2-4-10(15)13(8)17-20(18,19)12-6-5-9(14)7-11(12)16/h2-7,17H,1H3. The molecular weight excluding hydrogens is 385 g/mol. The van der Waals surface area contributed by atoms with Crippen LogP contribution in [0.4, 0.5) is 5.69 Å². The normalized spacial score (nSPS) is 11.4. The molecule has 0 aliphatic rings. The highest BCUT2D eigenvalue weighted by Gasteiger charge is 2.20. The lowest BCUT2D eigenvalue weighted by Crippen LogP contribution is -2.14. The van der Waals surface area contributed by atoms with Gasteiger partial charge in [-0.15, -0.1) is 0 Å². The van der Waals surface area contributed by atoms with Crippen molar-refractivity contribution in [2.24, 2.45) is 0 Å². The van der Waals surface area contributed by atoms with E-state index in [4.69, 9.17) is 23.2 Å². The van der Waals surface area contributed by atoms with Crippen LogP contribution in [0.5, 0.6) is 0 Å². The van der Waals surface area contributed by atoms with Crippen LogP contribution in [-0.2, 0) is 10.0 Å². The van der Waals surface area contributed by atoms with Crippen LogP contribution in [0.25, 0.3) is 0 Å². The number of anilines is 1. The summed E-state index contributed by atoms with van der Waals surface area (Å²) in [4.78, 5) is 0.00156. The Hall–Kier alpha value is -0.750. The van der Waals surface area contributed by atoms with Gasteiger partial charge in [-0.05, 0) is 36.8 Å². The van der Waals surface area contributed by atoms with Gasteiger partial charge in [-0.2, -0.15) is 0 Å². The number of halogens is 3. The molecule has 0 saturated carbocycles. The molecule has 3 nitrogen and oxygen atoms in total. The van der Waals surface area contributed by atoms with Crippen LogP contribution in [0, 0.1) is 6.92 Å². The van der Waals surface area contributed by atoms with Gasteiger partial charge in [-0.25, -0.2) is 8.42 Å². The van der Waals surface area contributed by atoms with E-state index in [2.05, 4.69) is 20.7 Å². The van der Waals surface area contributed by atoms with Crippen molar-refractivity contribution in [1.82, 2.24) is 0 Å². The maximum absolute atomic E-state index is 12.4. The molecule has 0 heterocycles. The first kappa shape index (κ1) is 15.6. The van der Waals surface area contributed by atoms with Gasteiger partial charge in [0.2, 0.25) is 0 Å². The second kappa shape index (κ2) is 5.93. The van der Waals surface area contributed by atoms with Gasteiger partial charge in [0.1, 0.15) is 4.90 Å². The maximum atomic E-state index is 12.4. The average molecular weight is 395 g/mol. The second-order valence-electron chi connectivity index (χ2n) is 4.11. The van der Waals surface area contributed by atoms with Crippen LogP contribution in [0.1, 0.15) is 5.56 Å². The van der Waals surface area contributed by atoms with E-state index >= 15 is 0 Å². The Bertz CT molecular complexity index is 743. The smallest absolute Gasteiger partial charge is 0.263 e. The van der Waals surface area contributed by atoms with Gasteiger partial charge in [0.15, 0.2) is 0 Å². The summed E-state index contributed by atoms with van der Waals surface area (Å²) in [6.07, 6.45) is 0. The summed E-state index contributed by atoms with van der Waals surface area (Å²) in [5, 5.41) is 0.471. The zero-order valence-corrected chi connectivity index (χ0v) is 14.2. The van der Waals surface area contributed by atoms with Crippen molar-refractivity contribution in [2.45, 2.75) is 11.8 Å². The van der Waals surface area contributed by atoms with Crippen molar-refractivity contribution >= 4 is 54.8 Å². The Morgan fingerprint density at radius 3 is 2.40 bits per heavy atom. The SMILES string of the molecule is Cc1cccc(Cl)c1NS(=O)(=O)c1ccc(Br)cc1Cl. The summed E-state index contributed by atoms with van der Waals surface area (Å²) in [5.74, 6) is 0. The lowest BCUT2D eigenvalue weighted by atomic mass is 10.2. The molecule has 20 heavy (non-hydrogen) atoms. The molecule has 1 N–H and O–H groups in total. The lowest BCUT2D eigenvalue weighted by molar-refractivity contribution is 0.601.